The minimum absolute atomic E-state index is 0.263. The highest BCUT2D eigenvalue weighted by atomic mass is 35.5. The van der Waals surface area contributed by atoms with Crippen molar-refractivity contribution in [3.63, 3.8) is 0 Å². The van der Waals surface area contributed by atoms with Gasteiger partial charge in [0.15, 0.2) is 11.5 Å². The van der Waals surface area contributed by atoms with Crippen LogP contribution in [0, 0.1) is 6.92 Å². The number of anilines is 2. The number of carbonyl (C=O) groups is 1. The van der Waals surface area contributed by atoms with Crippen LogP contribution in [-0.4, -0.2) is 27.3 Å². The van der Waals surface area contributed by atoms with Gasteiger partial charge >= 0.3 is 0 Å². The molecule has 0 bridgehead atoms. The maximum Gasteiger partial charge on any atom is 0.255 e. The number of aromatic nitrogens is 3. The number of amides is 1. The van der Waals surface area contributed by atoms with Crippen LogP contribution >= 0.6 is 11.6 Å². The molecule has 3 aromatic carbocycles. The molecule has 0 saturated heterocycles. The lowest BCUT2D eigenvalue weighted by molar-refractivity contribution is -0.113. The minimum atomic E-state index is -0.536. The summed E-state index contributed by atoms with van der Waals surface area (Å²) < 4.78 is 13.8. The lowest BCUT2D eigenvalue weighted by Crippen LogP contribution is -2.31. The molecular weight excluding hydrogens is 502 g/mol. The first kappa shape index (κ1) is 25.4. The second-order valence-electron chi connectivity index (χ2n) is 8.97. The van der Waals surface area contributed by atoms with Gasteiger partial charge in [-0.15, -0.1) is 0 Å². The minimum Gasteiger partial charge on any atom is -0.490 e. The molecule has 1 amide bonds. The molecule has 5 rings (SSSR count). The summed E-state index contributed by atoms with van der Waals surface area (Å²) in [5.41, 5.74) is 4.88. The van der Waals surface area contributed by atoms with Gasteiger partial charge in [-0.1, -0.05) is 47.5 Å². The zero-order valence-corrected chi connectivity index (χ0v) is 22.1. The second-order valence-corrected chi connectivity index (χ2v) is 9.41. The normalized spacial score (nSPS) is 14.5. The number of ether oxygens (including phenoxy) is 2. The maximum absolute atomic E-state index is 13.6. The Hall–Kier alpha value is -4.30. The molecule has 194 valence electrons. The van der Waals surface area contributed by atoms with E-state index in [4.69, 9.17) is 21.1 Å². The van der Waals surface area contributed by atoms with Gasteiger partial charge in [0.25, 0.3) is 5.91 Å². The Morgan fingerprint density at radius 2 is 1.87 bits per heavy atom. The number of carbonyl (C=O) groups excluding carboxylic acids is 1. The van der Waals surface area contributed by atoms with Gasteiger partial charge in [0.2, 0.25) is 5.95 Å². The summed E-state index contributed by atoms with van der Waals surface area (Å²) in [6.45, 7) is 6.70. The molecule has 4 aromatic rings. The molecular formula is C29H28ClN5O3. The van der Waals surface area contributed by atoms with Crippen molar-refractivity contribution in [3.05, 3.63) is 106 Å². The van der Waals surface area contributed by atoms with E-state index in [1.54, 1.807) is 28.9 Å². The lowest BCUT2D eigenvalue weighted by atomic mass is 9.94. The summed E-state index contributed by atoms with van der Waals surface area (Å²) in [6.07, 6.45) is 1.46. The number of allylic oxidation sites excluding steroid dienone is 1. The fourth-order valence-corrected chi connectivity index (χ4v) is 4.60. The molecule has 2 heterocycles. The largest absolute Gasteiger partial charge is 0.490 e. The Bertz CT molecular complexity index is 1500. The summed E-state index contributed by atoms with van der Waals surface area (Å²) in [5, 5.41) is 11.2. The Balaban J connectivity index is 1.48. The number of nitrogens with one attached hydrogen (secondary N) is 2. The SMILES string of the molecule is CCOc1cc([C@H]2C(C(=O)Nc3ccc(Cl)cc3)=C(C)Nc3ncnn32)ccc1OCc1cccc(C)c1. The zero-order chi connectivity index (χ0) is 26.6. The number of fused-ring (bicyclic) bond motifs is 1. The molecule has 0 saturated carbocycles. The molecule has 0 spiro atoms. The van der Waals surface area contributed by atoms with Crippen LogP contribution in [0.15, 0.2) is 84.3 Å². The summed E-state index contributed by atoms with van der Waals surface area (Å²) in [5.74, 6) is 1.50. The molecule has 0 radical (unpaired) electrons. The van der Waals surface area contributed by atoms with Gasteiger partial charge in [0, 0.05) is 16.4 Å². The van der Waals surface area contributed by atoms with E-state index in [9.17, 15) is 4.79 Å². The van der Waals surface area contributed by atoms with E-state index in [-0.39, 0.29) is 5.91 Å². The van der Waals surface area contributed by atoms with Gasteiger partial charge in [-0.25, -0.2) is 4.68 Å². The Morgan fingerprint density at radius 3 is 2.63 bits per heavy atom. The van der Waals surface area contributed by atoms with Crippen molar-refractivity contribution in [1.29, 1.82) is 0 Å². The van der Waals surface area contributed by atoms with E-state index in [0.29, 0.717) is 52.6 Å². The fourth-order valence-electron chi connectivity index (χ4n) is 4.47. The monoisotopic (exact) mass is 529 g/mol. The summed E-state index contributed by atoms with van der Waals surface area (Å²) in [4.78, 5) is 17.9. The quantitative estimate of drug-likeness (QED) is 0.285. The van der Waals surface area contributed by atoms with Crippen LogP contribution in [0.1, 0.15) is 36.6 Å². The van der Waals surface area contributed by atoms with Gasteiger partial charge in [0.1, 0.15) is 19.0 Å². The highest BCUT2D eigenvalue weighted by molar-refractivity contribution is 6.30. The number of aryl methyl sites for hydroxylation is 1. The first-order valence-corrected chi connectivity index (χ1v) is 12.7. The number of benzene rings is 3. The van der Waals surface area contributed by atoms with Crippen LogP contribution < -0.4 is 20.1 Å². The van der Waals surface area contributed by atoms with Crippen LogP contribution in [-0.2, 0) is 11.4 Å². The van der Waals surface area contributed by atoms with Gasteiger partial charge in [-0.2, -0.15) is 10.1 Å². The number of rotatable bonds is 8. The van der Waals surface area contributed by atoms with E-state index >= 15 is 0 Å². The second kappa shape index (κ2) is 11.0. The van der Waals surface area contributed by atoms with E-state index in [2.05, 4.69) is 39.8 Å². The molecule has 0 aliphatic carbocycles. The molecule has 0 unspecified atom stereocenters. The average Bonchev–Trinajstić information content (AvgIpc) is 3.36. The van der Waals surface area contributed by atoms with Gasteiger partial charge in [-0.3, -0.25) is 4.79 Å². The number of nitrogens with zero attached hydrogens (tertiary/aromatic N) is 3. The van der Waals surface area contributed by atoms with Crippen molar-refractivity contribution in [2.45, 2.75) is 33.4 Å². The Labute approximate surface area is 226 Å². The molecule has 1 aromatic heterocycles. The molecule has 0 fully saturated rings. The Morgan fingerprint density at radius 1 is 1.05 bits per heavy atom. The highest BCUT2D eigenvalue weighted by Gasteiger charge is 2.34. The maximum atomic E-state index is 13.6. The van der Waals surface area contributed by atoms with Crippen LogP contribution in [0.25, 0.3) is 0 Å². The predicted molar refractivity (Wildman–Crippen MR) is 148 cm³/mol. The smallest absolute Gasteiger partial charge is 0.255 e. The number of halogens is 1. The third-order valence-electron chi connectivity index (χ3n) is 6.20. The van der Waals surface area contributed by atoms with Gasteiger partial charge < -0.3 is 20.1 Å². The molecule has 1 atom stereocenters. The average molecular weight is 530 g/mol. The van der Waals surface area contributed by atoms with Gasteiger partial charge in [-0.05, 0) is 68.3 Å². The van der Waals surface area contributed by atoms with Crippen LogP contribution in [0.5, 0.6) is 11.5 Å². The van der Waals surface area contributed by atoms with Crippen LogP contribution in [0.2, 0.25) is 5.02 Å². The molecule has 8 nitrogen and oxygen atoms in total. The standard InChI is InChI=1S/C29H28ClN5O3/c1-4-37-25-15-21(8-13-24(25)38-16-20-7-5-6-18(2)14-20)27-26(19(3)33-29-31-17-32-35(27)29)28(36)34-23-11-9-22(30)10-12-23/h5-15,17,27H,4,16H2,1-3H3,(H,34,36)(H,31,32,33)/t27-/m0/s1. The molecule has 38 heavy (non-hydrogen) atoms. The summed E-state index contributed by atoms with van der Waals surface area (Å²) >= 11 is 6.01. The summed E-state index contributed by atoms with van der Waals surface area (Å²) in [7, 11) is 0. The van der Waals surface area contributed by atoms with Crippen molar-refractivity contribution < 1.29 is 14.3 Å². The van der Waals surface area contributed by atoms with Crippen molar-refractivity contribution in [3.8, 4) is 11.5 Å². The van der Waals surface area contributed by atoms with Crippen molar-refractivity contribution >= 4 is 29.1 Å². The van der Waals surface area contributed by atoms with Crippen molar-refractivity contribution in [2.24, 2.45) is 0 Å². The number of hydrogen-bond acceptors (Lipinski definition) is 6. The van der Waals surface area contributed by atoms with Crippen molar-refractivity contribution in [1.82, 2.24) is 14.8 Å². The lowest BCUT2D eigenvalue weighted by Gasteiger charge is -2.29. The topological polar surface area (TPSA) is 90.3 Å². The van der Waals surface area contributed by atoms with Crippen LogP contribution in [0.4, 0.5) is 11.6 Å². The number of hydrogen-bond donors (Lipinski definition) is 2. The zero-order valence-electron chi connectivity index (χ0n) is 21.4. The molecule has 9 heteroatoms. The van der Waals surface area contributed by atoms with E-state index in [0.717, 1.165) is 11.1 Å². The first-order chi connectivity index (χ1) is 18.4. The van der Waals surface area contributed by atoms with Crippen LogP contribution in [0.3, 0.4) is 0 Å². The van der Waals surface area contributed by atoms with Gasteiger partial charge in [0.05, 0.1) is 12.2 Å². The third-order valence-corrected chi connectivity index (χ3v) is 6.45. The Kier molecular flexibility index (Phi) is 7.33. The van der Waals surface area contributed by atoms with Crippen molar-refractivity contribution in [2.75, 3.05) is 17.2 Å². The van der Waals surface area contributed by atoms with E-state index < -0.39 is 6.04 Å². The van der Waals surface area contributed by atoms with E-state index in [1.165, 1.54) is 11.9 Å². The highest BCUT2D eigenvalue weighted by Crippen LogP contribution is 2.39. The van der Waals surface area contributed by atoms with E-state index in [1.807, 2.05) is 44.2 Å². The summed E-state index contributed by atoms with van der Waals surface area (Å²) in [6, 6.07) is 20.3. The first-order valence-electron chi connectivity index (χ1n) is 12.3. The molecule has 2 N–H and O–H groups in total. The third kappa shape index (κ3) is 5.35. The fraction of sp³-hybridized carbons (Fsp3) is 0.207. The molecule has 1 aliphatic rings. The predicted octanol–water partition coefficient (Wildman–Crippen LogP) is 6.15. The molecule has 1 aliphatic heterocycles.